The number of hydrogen-bond donors (Lipinski definition) is 0. The van der Waals surface area contributed by atoms with Crippen molar-refractivity contribution >= 4 is 10.9 Å². The number of allylic oxidation sites excluding steroid dienone is 2. The fraction of sp³-hybridized carbons (Fsp3) is 0.312. The van der Waals surface area contributed by atoms with Crippen molar-refractivity contribution in [3.8, 4) is 0 Å². The molecule has 0 aliphatic heterocycles. The highest BCUT2D eigenvalue weighted by Gasteiger charge is 2.24. The van der Waals surface area contributed by atoms with Gasteiger partial charge in [0.25, 0.3) is 5.56 Å². The summed E-state index contributed by atoms with van der Waals surface area (Å²) in [6.45, 7) is 4.25. The fourth-order valence-electron chi connectivity index (χ4n) is 3.00. The Bertz CT molecular complexity index is 709. The van der Waals surface area contributed by atoms with E-state index in [2.05, 4.69) is 32.1 Å². The summed E-state index contributed by atoms with van der Waals surface area (Å²) in [7, 11) is 1.86. The average molecular weight is 239 g/mol. The van der Waals surface area contributed by atoms with Crippen LogP contribution in [0, 0.1) is 0 Å². The minimum absolute atomic E-state index is 0.146. The van der Waals surface area contributed by atoms with E-state index >= 15 is 0 Å². The van der Waals surface area contributed by atoms with E-state index in [1.807, 2.05) is 25.2 Å². The van der Waals surface area contributed by atoms with Gasteiger partial charge in [0.05, 0.1) is 5.52 Å². The molecule has 1 aromatic heterocycles. The molecule has 2 aromatic rings. The summed E-state index contributed by atoms with van der Waals surface area (Å²) in [4.78, 5) is 12.5. The highest BCUT2D eigenvalue weighted by Crippen LogP contribution is 2.35. The van der Waals surface area contributed by atoms with Crippen molar-refractivity contribution in [1.82, 2.24) is 4.57 Å². The highest BCUT2D eigenvalue weighted by atomic mass is 16.1. The minimum Gasteiger partial charge on any atom is -0.311 e. The maximum atomic E-state index is 12.5. The molecule has 0 bridgehead atoms. The third-order valence-electron chi connectivity index (χ3n) is 3.98. The summed E-state index contributed by atoms with van der Waals surface area (Å²) >= 11 is 0. The monoisotopic (exact) mass is 239 g/mol. The second-order valence-electron chi connectivity index (χ2n) is 5.17. The van der Waals surface area contributed by atoms with Crippen molar-refractivity contribution in [2.24, 2.45) is 7.05 Å². The van der Waals surface area contributed by atoms with E-state index < -0.39 is 0 Å². The predicted molar refractivity (Wildman–Crippen MR) is 75.2 cm³/mol. The first-order valence-corrected chi connectivity index (χ1v) is 6.41. The summed E-state index contributed by atoms with van der Waals surface area (Å²) in [6.07, 6.45) is 4.35. The van der Waals surface area contributed by atoms with Crippen LogP contribution in [-0.2, 0) is 7.05 Å². The van der Waals surface area contributed by atoms with Gasteiger partial charge in [-0.2, -0.15) is 0 Å². The first-order valence-electron chi connectivity index (χ1n) is 6.41. The number of fused-ring (bicyclic) bond motifs is 3. The Morgan fingerprint density at radius 2 is 1.61 bits per heavy atom. The Hall–Kier alpha value is -1.83. The molecule has 18 heavy (non-hydrogen) atoms. The second-order valence-corrected chi connectivity index (χ2v) is 5.17. The normalized spacial score (nSPS) is 22.2. The van der Waals surface area contributed by atoms with E-state index in [1.165, 1.54) is 10.9 Å². The molecule has 0 radical (unpaired) electrons. The lowest BCUT2D eigenvalue weighted by Crippen LogP contribution is -2.26. The number of pyridine rings is 1. The average Bonchev–Trinajstić information content (AvgIpc) is 2.38. The zero-order chi connectivity index (χ0) is 12.9. The molecule has 1 heterocycles. The molecule has 0 fully saturated rings. The summed E-state index contributed by atoms with van der Waals surface area (Å²) in [5.41, 5.74) is 3.35. The van der Waals surface area contributed by atoms with Crippen molar-refractivity contribution < 1.29 is 0 Å². The standard InChI is InChI=1S/C16H17NO/c1-10-8-9-11(2)15-14(10)12-6-4-5-7-13(12)17(3)16(15)18/h4-11H,1-3H3/t10-,11+/m1/s1. The molecule has 1 aliphatic rings. The zero-order valence-electron chi connectivity index (χ0n) is 11.0. The van der Waals surface area contributed by atoms with Crippen LogP contribution in [0.3, 0.4) is 0 Å². The number of nitrogens with zero attached hydrogens (tertiary/aromatic N) is 1. The van der Waals surface area contributed by atoms with Gasteiger partial charge in [0, 0.05) is 29.8 Å². The molecular weight excluding hydrogens is 222 g/mol. The highest BCUT2D eigenvalue weighted by molar-refractivity contribution is 5.85. The van der Waals surface area contributed by atoms with Gasteiger partial charge in [-0.3, -0.25) is 4.79 Å². The molecular formula is C16H17NO. The third kappa shape index (κ3) is 1.38. The topological polar surface area (TPSA) is 22.0 Å². The molecule has 0 N–H and O–H groups in total. The van der Waals surface area contributed by atoms with E-state index in [-0.39, 0.29) is 11.5 Å². The Balaban J connectivity index is 2.55. The van der Waals surface area contributed by atoms with Gasteiger partial charge in [-0.1, -0.05) is 44.2 Å². The van der Waals surface area contributed by atoms with Crippen LogP contribution < -0.4 is 5.56 Å². The number of aryl methyl sites for hydroxylation is 1. The van der Waals surface area contributed by atoms with Gasteiger partial charge in [-0.05, 0) is 11.6 Å². The molecule has 0 amide bonds. The van der Waals surface area contributed by atoms with E-state index in [4.69, 9.17) is 0 Å². The molecule has 0 spiro atoms. The summed E-state index contributed by atoms with van der Waals surface area (Å²) in [6, 6.07) is 8.17. The van der Waals surface area contributed by atoms with Crippen LogP contribution in [0.5, 0.6) is 0 Å². The maximum Gasteiger partial charge on any atom is 0.254 e. The van der Waals surface area contributed by atoms with E-state index in [0.717, 1.165) is 11.1 Å². The van der Waals surface area contributed by atoms with Gasteiger partial charge in [-0.25, -0.2) is 0 Å². The SMILES string of the molecule is C[C@@H]1C=C[C@H](C)c2c1c1ccccc1n(C)c2=O. The number of hydrogen-bond acceptors (Lipinski definition) is 1. The van der Waals surface area contributed by atoms with Gasteiger partial charge >= 0.3 is 0 Å². The molecule has 0 saturated heterocycles. The molecule has 2 atom stereocenters. The van der Waals surface area contributed by atoms with Gasteiger partial charge in [0.2, 0.25) is 0 Å². The number of para-hydroxylation sites is 1. The number of rotatable bonds is 0. The van der Waals surface area contributed by atoms with Crippen LogP contribution in [0.25, 0.3) is 10.9 Å². The predicted octanol–water partition coefficient (Wildman–Crippen LogP) is 3.32. The van der Waals surface area contributed by atoms with Crippen LogP contribution >= 0.6 is 0 Å². The van der Waals surface area contributed by atoms with Gasteiger partial charge in [0.15, 0.2) is 0 Å². The van der Waals surface area contributed by atoms with Crippen LogP contribution in [-0.4, -0.2) is 4.57 Å². The minimum atomic E-state index is 0.146. The van der Waals surface area contributed by atoms with Gasteiger partial charge < -0.3 is 4.57 Å². The Kier molecular flexibility index (Phi) is 2.40. The third-order valence-corrected chi connectivity index (χ3v) is 3.98. The number of benzene rings is 1. The molecule has 0 saturated carbocycles. The van der Waals surface area contributed by atoms with Crippen LogP contribution in [0.2, 0.25) is 0 Å². The first kappa shape index (κ1) is 11.3. The summed E-state index contributed by atoms with van der Waals surface area (Å²) < 4.78 is 1.77. The first-order chi connectivity index (χ1) is 8.61. The van der Waals surface area contributed by atoms with Crippen LogP contribution in [0.15, 0.2) is 41.2 Å². The maximum absolute atomic E-state index is 12.5. The van der Waals surface area contributed by atoms with Gasteiger partial charge in [0.1, 0.15) is 0 Å². The lowest BCUT2D eigenvalue weighted by atomic mass is 9.82. The molecule has 3 rings (SSSR count). The lowest BCUT2D eigenvalue weighted by molar-refractivity contribution is 0.783. The van der Waals surface area contributed by atoms with E-state index in [9.17, 15) is 4.79 Å². The molecule has 0 unspecified atom stereocenters. The van der Waals surface area contributed by atoms with Crippen molar-refractivity contribution in [1.29, 1.82) is 0 Å². The van der Waals surface area contributed by atoms with E-state index in [0.29, 0.717) is 5.92 Å². The molecule has 92 valence electrons. The largest absolute Gasteiger partial charge is 0.311 e. The summed E-state index contributed by atoms with van der Waals surface area (Å²) in [5.74, 6) is 0.523. The second kappa shape index (κ2) is 3.84. The van der Waals surface area contributed by atoms with Crippen LogP contribution in [0.4, 0.5) is 0 Å². The summed E-state index contributed by atoms with van der Waals surface area (Å²) in [5, 5.41) is 1.21. The number of aromatic nitrogens is 1. The van der Waals surface area contributed by atoms with Crippen LogP contribution in [0.1, 0.15) is 36.8 Å². The Labute approximate surface area is 107 Å². The lowest BCUT2D eigenvalue weighted by Gasteiger charge is -2.24. The van der Waals surface area contributed by atoms with Crippen molar-refractivity contribution in [2.75, 3.05) is 0 Å². The zero-order valence-corrected chi connectivity index (χ0v) is 11.0. The fourth-order valence-corrected chi connectivity index (χ4v) is 3.00. The Morgan fingerprint density at radius 3 is 2.33 bits per heavy atom. The van der Waals surface area contributed by atoms with E-state index in [1.54, 1.807) is 4.57 Å². The Morgan fingerprint density at radius 1 is 1.00 bits per heavy atom. The van der Waals surface area contributed by atoms with Crippen molar-refractivity contribution in [2.45, 2.75) is 25.7 Å². The van der Waals surface area contributed by atoms with Crippen molar-refractivity contribution in [3.63, 3.8) is 0 Å². The molecule has 1 aliphatic carbocycles. The van der Waals surface area contributed by atoms with Crippen molar-refractivity contribution in [3.05, 3.63) is 57.9 Å². The molecule has 2 heteroatoms. The molecule has 1 aromatic carbocycles. The molecule has 2 nitrogen and oxygen atoms in total. The quantitative estimate of drug-likeness (QED) is 0.646. The van der Waals surface area contributed by atoms with Gasteiger partial charge in [-0.15, -0.1) is 0 Å². The smallest absolute Gasteiger partial charge is 0.254 e.